The molecule has 0 aromatic carbocycles. The fraction of sp³-hybridized carbons (Fsp3) is 0.312. The highest BCUT2D eigenvalue weighted by molar-refractivity contribution is 7.18. The minimum atomic E-state index is 0.706. The number of hydrogen-bond donors (Lipinski definition) is 1. The van der Waals surface area contributed by atoms with Crippen LogP contribution in [0.25, 0.3) is 21.7 Å². The zero-order valence-electron chi connectivity index (χ0n) is 12.5. The van der Waals surface area contributed by atoms with Crippen molar-refractivity contribution >= 4 is 27.4 Å². The molecule has 0 fully saturated rings. The molecule has 1 N–H and O–H groups in total. The summed E-state index contributed by atoms with van der Waals surface area (Å²) in [5, 5.41) is 4.43. The molecule has 0 spiro atoms. The van der Waals surface area contributed by atoms with Crippen LogP contribution in [0.2, 0.25) is 0 Å². The van der Waals surface area contributed by atoms with Crippen LogP contribution >= 0.6 is 11.3 Å². The summed E-state index contributed by atoms with van der Waals surface area (Å²) in [4.78, 5) is 16.2. The number of thiophene rings is 1. The highest BCUT2D eigenvalue weighted by Crippen LogP contribution is 2.31. The van der Waals surface area contributed by atoms with Gasteiger partial charge in [0.15, 0.2) is 5.82 Å². The monoisotopic (exact) mass is 298 g/mol. The number of nitrogens with one attached hydrogen (secondary N) is 1. The minimum Gasteiger partial charge on any atom is -0.370 e. The summed E-state index contributed by atoms with van der Waals surface area (Å²) in [6.07, 6.45) is 2.72. The predicted molar refractivity (Wildman–Crippen MR) is 88.9 cm³/mol. The highest BCUT2D eigenvalue weighted by Gasteiger charge is 2.14. The third-order valence-electron chi connectivity index (χ3n) is 3.34. The van der Waals surface area contributed by atoms with Crippen LogP contribution in [0.15, 0.2) is 24.4 Å². The van der Waals surface area contributed by atoms with Gasteiger partial charge in [-0.3, -0.25) is 4.98 Å². The van der Waals surface area contributed by atoms with Gasteiger partial charge in [-0.05, 0) is 38.0 Å². The Bertz CT molecular complexity index is 779. The van der Waals surface area contributed by atoms with E-state index in [1.165, 1.54) is 10.4 Å². The van der Waals surface area contributed by atoms with Gasteiger partial charge in [0.2, 0.25) is 0 Å². The second kappa shape index (κ2) is 5.77. The van der Waals surface area contributed by atoms with E-state index in [1.807, 2.05) is 6.07 Å². The fourth-order valence-electron chi connectivity index (χ4n) is 2.38. The lowest BCUT2D eigenvalue weighted by atomic mass is 10.1. The Morgan fingerprint density at radius 1 is 1.24 bits per heavy atom. The van der Waals surface area contributed by atoms with Gasteiger partial charge >= 0.3 is 0 Å². The van der Waals surface area contributed by atoms with Crippen LogP contribution in [0.5, 0.6) is 0 Å². The number of aromatic nitrogens is 3. The first-order valence-electron chi connectivity index (χ1n) is 7.19. The van der Waals surface area contributed by atoms with Crippen molar-refractivity contribution in [2.45, 2.75) is 27.2 Å². The third kappa shape index (κ3) is 2.61. The van der Waals surface area contributed by atoms with Crippen molar-refractivity contribution in [2.75, 3.05) is 11.9 Å². The number of pyridine rings is 1. The second-order valence-electron chi connectivity index (χ2n) is 4.87. The maximum Gasteiger partial charge on any atom is 0.181 e. The lowest BCUT2D eigenvalue weighted by molar-refractivity contribution is 1.07. The van der Waals surface area contributed by atoms with E-state index >= 15 is 0 Å². The molecule has 3 aromatic heterocycles. The summed E-state index contributed by atoms with van der Waals surface area (Å²) in [7, 11) is 0. The molecule has 0 unspecified atom stereocenters. The molecule has 3 heterocycles. The molecule has 3 aromatic rings. The van der Waals surface area contributed by atoms with Gasteiger partial charge in [-0.15, -0.1) is 11.3 Å². The molecular formula is C16H18N4S. The summed E-state index contributed by atoms with van der Waals surface area (Å²) < 4.78 is 0. The molecule has 3 rings (SSSR count). The van der Waals surface area contributed by atoms with Crippen molar-refractivity contribution in [1.29, 1.82) is 0 Å². The third-order valence-corrected chi connectivity index (χ3v) is 4.29. The number of fused-ring (bicyclic) bond motifs is 1. The first-order chi connectivity index (χ1) is 10.2. The van der Waals surface area contributed by atoms with Crippen molar-refractivity contribution < 1.29 is 0 Å². The van der Waals surface area contributed by atoms with Crippen molar-refractivity contribution in [3.05, 3.63) is 34.8 Å². The van der Waals surface area contributed by atoms with Gasteiger partial charge in [-0.1, -0.05) is 13.0 Å². The van der Waals surface area contributed by atoms with Gasteiger partial charge in [-0.2, -0.15) is 0 Å². The highest BCUT2D eigenvalue weighted by atomic mass is 32.1. The zero-order valence-corrected chi connectivity index (χ0v) is 13.3. The SMILES string of the molecule is CCNc1nc(-c2ncccc2CC)nc2sc(C)cc12. The van der Waals surface area contributed by atoms with E-state index in [-0.39, 0.29) is 0 Å². The number of aryl methyl sites for hydroxylation is 2. The van der Waals surface area contributed by atoms with Crippen LogP contribution in [0.1, 0.15) is 24.3 Å². The van der Waals surface area contributed by atoms with E-state index in [9.17, 15) is 0 Å². The lowest BCUT2D eigenvalue weighted by Gasteiger charge is -2.09. The van der Waals surface area contributed by atoms with Crippen LogP contribution in [-0.2, 0) is 6.42 Å². The molecule has 5 heteroatoms. The van der Waals surface area contributed by atoms with Crippen molar-refractivity contribution in [1.82, 2.24) is 15.0 Å². The van der Waals surface area contributed by atoms with E-state index < -0.39 is 0 Å². The number of anilines is 1. The van der Waals surface area contributed by atoms with Crippen molar-refractivity contribution in [3.63, 3.8) is 0 Å². The topological polar surface area (TPSA) is 50.7 Å². The van der Waals surface area contributed by atoms with Gasteiger partial charge in [0.25, 0.3) is 0 Å². The Kier molecular flexibility index (Phi) is 3.84. The Morgan fingerprint density at radius 3 is 2.86 bits per heavy atom. The molecule has 0 atom stereocenters. The zero-order chi connectivity index (χ0) is 14.8. The summed E-state index contributed by atoms with van der Waals surface area (Å²) in [5.41, 5.74) is 2.06. The first-order valence-corrected chi connectivity index (χ1v) is 8.00. The molecule has 0 aliphatic heterocycles. The summed E-state index contributed by atoms with van der Waals surface area (Å²) in [6.45, 7) is 7.13. The largest absolute Gasteiger partial charge is 0.370 e. The molecule has 0 aliphatic rings. The van der Waals surface area contributed by atoms with Gasteiger partial charge in [0, 0.05) is 17.6 Å². The van der Waals surface area contributed by atoms with Gasteiger partial charge in [0.1, 0.15) is 16.3 Å². The van der Waals surface area contributed by atoms with Crippen LogP contribution in [0, 0.1) is 6.92 Å². The van der Waals surface area contributed by atoms with Crippen LogP contribution in [0.3, 0.4) is 0 Å². The normalized spacial score (nSPS) is 11.0. The molecule has 0 radical (unpaired) electrons. The Labute approximate surface area is 128 Å². The van der Waals surface area contributed by atoms with Crippen LogP contribution in [0.4, 0.5) is 5.82 Å². The summed E-state index contributed by atoms with van der Waals surface area (Å²) in [5.74, 6) is 1.60. The molecule has 0 saturated carbocycles. The van der Waals surface area contributed by atoms with Gasteiger partial charge in [-0.25, -0.2) is 9.97 Å². The Balaban J connectivity index is 2.23. The molecular weight excluding hydrogens is 280 g/mol. The number of hydrogen-bond acceptors (Lipinski definition) is 5. The van der Waals surface area contributed by atoms with Crippen LogP contribution in [-0.4, -0.2) is 21.5 Å². The minimum absolute atomic E-state index is 0.706. The molecule has 4 nitrogen and oxygen atoms in total. The van der Waals surface area contributed by atoms with E-state index in [0.29, 0.717) is 5.82 Å². The fourth-order valence-corrected chi connectivity index (χ4v) is 3.25. The second-order valence-corrected chi connectivity index (χ2v) is 6.10. The number of rotatable bonds is 4. The predicted octanol–water partition coefficient (Wildman–Crippen LogP) is 4.06. The maximum atomic E-state index is 4.72. The van der Waals surface area contributed by atoms with E-state index in [4.69, 9.17) is 9.97 Å². The summed E-state index contributed by atoms with van der Waals surface area (Å²) >= 11 is 1.70. The molecule has 0 amide bonds. The molecule has 21 heavy (non-hydrogen) atoms. The Hall–Kier alpha value is -2.01. The average Bonchev–Trinajstić information content (AvgIpc) is 2.88. The van der Waals surface area contributed by atoms with Crippen LogP contribution < -0.4 is 5.32 Å². The standard InChI is InChI=1S/C16H18N4S/c1-4-11-7-6-8-18-13(11)15-19-14(17-5-2)12-9-10(3)21-16(12)20-15/h6-9H,4-5H2,1-3H3,(H,17,19,20). The first kappa shape index (κ1) is 13.9. The van der Waals surface area contributed by atoms with Crippen molar-refractivity contribution in [2.24, 2.45) is 0 Å². The van der Waals surface area contributed by atoms with E-state index in [0.717, 1.165) is 34.7 Å². The van der Waals surface area contributed by atoms with Gasteiger partial charge in [0.05, 0.1) is 5.39 Å². The maximum absolute atomic E-state index is 4.72. The molecule has 0 saturated heterocycles. The molecule has 0 aliphatic carbocycles. The van der Waals surface area contributed by atoms with E-state index in [2.05, 4.69) is 43.2 Å². The van der Waals surface area contributed by atoms with Gasteiger partial charge < -0.3 is 5.32 Å². The smallest absolute Gasteiger partial charge is 0.181 e. The number of nitrogens with zero attached hydrogens (tertiary/aromatic N) is 3. The molecule has 0 bridgehead atoms. The lowest BCUT2D eigenvalue weighted by Crippen LogP contribution is -2.03. The molecule has 108 valence electrons. The Morgan fingerprint density at radius 2 is 2.10 bits per heavy atom. The summed E-state index contributed by atoms with van der Waals surface area (Å²) in [6, 6.07) is 6.19. The quantitative estimate of drug-likeness (QED) is 0.789. The van der Waals surface area contributed by atoms with Crippen molar-refractivity contribution in [3.8, 4) is 11.5 Å². The van der Waals surface area contributed by atoms with E-state index in [1.54, 1.807) is 17.5 Å². The average molecular weight is 298 g/mol.